The third kappa shape index (κ3) is 5.65. The maximum Gasteiger partial charge on any atom is 0.224 e. The molecule has 0 aliphatic carbocycles. The maximum absolute atomic E-state index is 12.2. The van der Waals surface area contributed by atoms with Crippen molar-refractivity contribution >= 4 is 17.5 Å². The van der Waals surface area contributed by atoms with Crippen LogP contribution in [0.3, 0.4) is 0 Å². The van der Waals surface area contributed by atoms with Crippen LogP contribution in [0.1, 0.15) is 25.8 Å². The highest BCUT2D eigenvalue weighted by Gasteiger charge is 2.20. The largest absolute Gasteiger partial charge is 0.343 e. The summed E-state index contributed by atoms with van der Waals surface area (Å²) in [5.41, 5.74) is 7.01. The predicted molar refractivity (Wildman–Crippen MR) is 88.3 cm³/mol. The number of carbonyl (C=O) groups is 1. The lowest BCUT2D eigenvalue weighted by Crippen LogP contribution is -2.42. The van der Waals surface area contributed by atoms with E-state index >= 15 is 0 Å². The summed E-state index contributed by atoms with van der Waals surface area (Å²) in [6.45, 7) is 6.70. The summed E-state index contributed by atoms with van der Waals surface area (Å²) < 4.78 is 0. The maximum atomic E-state index is 12.2. The number of carbonyl (C=O) groups excluding carboxylic acids is 1. The van der Waals surface area contributed by atoms with Gasteiger partial charge in [-0.2, -0.15) is 0 Å². The molecule has 21 heavy (non-hydrogen) atoms. The zero-order valence-corrected chi connectivity index (χ0v) is 13.9. The molecule has 2 N–H and O–H groups in total. The lowest BCUT2D eigenvalue weighted by atomic mass is 10.1. The minimum Gasteiger partial charge on any atom is -0.343 e. The van der Waals surface area contributed by atoms with Crippen molar-refractivity contribution in [2.75, 3.05) is 26.7 Å². The average Bonchev–Trinajstić information content (AvgIpc) is 2.48. The Morgan fingerprint density at radius 3 is 2.29 bits per heavy atom. The first-order valence-corrected chi connectivity index (χ1v) is 7.82. The molecule has 0 aliphatic heterocycles. The van der Waals surface area contributed by atoms with Gasteiger partial charge in [0.25, 0.3) is 0 Å². The molecule has 0 aromatic heterocycles. The van der Waals surface area contributed by atoms with Gasteiger partial charge in [-0.1, -0.05) is 23.7 Å². The molecule has 0 bridgehead atoms. The van der Waals surface area contributed by atoms with Crippen LogP contribution in [0.4, 0.5) is 0 Å². The molecule has 0 heterocycles. The standard InChI is InChI=1S/C16H26ClN3O/c1-4-20(5-2)16(21)10-15(11-18)19(3)12-13-6-8-14(17)9-7-13/h6-9,15H,4-5,10-12,18H2,1-3H3. The highest BCUT2D eigenvalue weighted by molar-refractivity contribution is 6.30. The molecule has 1 aromatic rings. The number of halogens is 1. The van der Waals surface area contributed by atoms with Crippen LogP contribution in [0.2, 0.25) is 5.02 Å². The Bertz CT molecular complexity index is 432. The van der Waals surface area contributed by atoms with E-state index in [9.17, 15) is 4.79 Å². The van der Waals surface area contributed by atoms with E-state index in [0.29, 0.717) is 13.0 Å². The summed E-state index contributed by atoms with van der Waals surface area (Å²) in [4.78, 5) is 16.2. The zero-order chi connectivity index (χ0) is 15.8. The summed E-state index contributed by atoms with van der Waals surface area (Å²) in [5, 5.41) is 0.730. The molecule has 0 saturated carbocycles. The molecule has 1 atom stereocenters. The minimum atomic E-state index is 0.0498. The van der Waals surface area contributed by atoms with Crippen LogP contribution in [-0.2, 0) is 11.3 Å². The Labute approximate surface area is 132 Å². The van der Waals surface area contributed by atoms with E-state index in [1.807, 2.05) is 50.1 Å². The van der Waals surface area contributed by atoms with Gasteiger partial charge >= 0.3 is 0 Å². The second-order valence-corrected chi connectivity index (χ2v) is 5.64. The van der Waals surface area contributed by atoms with Crippen molar-refractivity contribution < 1.29 is 4.79 Å². The smallest absolute Gasteiger partial charge is 0.224 e. The Morgan fingerprint density at radius 2 is 1.81 bits per heavy atom. The van der Waals surface area contributed by atoms with Crippen LogP contribution in [0, 0.1) is 0 Å². The van der Waals surface area contributed by atoms with Gasteiger partial charge in [0.05, 0.1) is 0 Å². The number of amides is 1. The summed E-state index contributed by atoms with van der Waals surface area (Å²) >= 11 is 5.89. The topological polar surface area (TPSA) is 49.6 Å². The normalized spacial score (nSPS) is 12.5. The predicted octanol–water partition coefficient (Wildman–Crippen LogP) is 2.36. The van der Waals surface area contributed by atoms with Crippen LogP contribution in [0.5, 0.6) is 0 Å². The fraction of sp³-hybridized carbons (Fsp3) is 0.562. The van der Waals surface area contributed by atoms with Gasteiger partial charge in [-0.05, 0) is 38.6 Å². The monoisotopic (exact) mass is 311 g/mol. The van der Waals surface area contributed by atoms with Gasteiger partial charge < -0.3 is 10.6 Å². The van der Waals surface area contributed by atoms with Crippen molar-refractivity contribution in [2.45, 2.75) is 32.9 Å². The molecule has 0 fully saturated rings. The van der Waals surface area contributed by atoms with Crippen molar-refractivity contribution in [3.05, 3.63) is 34.9 Å². The number of nitrogens with two attached hydrogens (primary N) is 1. The van der Waals surface area contributed by atoms with E-state index in [2.05, 4.69) is 4.90 Å². The number of likely N-dealkylation sites (N-methyl/N-ethyl adjacent to an activating group) is 1. The van der Waals surface area contributed by atoms with Crippen molar-refractivity contribution in [1.29, 1.82) is 0 Å². The second kappa shape index (κ2) is 9.03. The summed E-state index contributed by atoms with van der Waals surface area (Å²) in [7, 11) is 2.00. The SMILES string of the molecule is CCN(CC)C(=O)CC(CN)N(C)Cc1ccc(Cl)cc1. The van der Waals surface area contributed by atoms with Gasteiger partial charge in [0, 0.05) is 43.7 Å². The van der Waals surface area contributed by atoms with Gasteiger partial charge in [0.15, 0.2) is 0 Å². The molecular weight excluding hydrogens is 286 g/mol. The van der Waals surface area contributed by atoms with Gasteiger partial charge in [-0.15, -0.1) is 0 Å². The van der Waals surface area contributed by atoms with E-state index in [-0.39, 0.29) is 11.9 Å². The average molecular weight is 312 g/mol. The van der Waals surface area contributed by atoms with Crippen molar-refractivity contribution in [3.63, 3.8) is 0 Å². The first-order chi connectivity index (χ1) is 10.0. The summed E-state index contributed by atoms with van der Waals surface area (Å²) in [6.07, 6.45) is 0.461. The zero-order valence-electron chi connectivity index (χ0n) is 13.2. The lowest BCUT2D eigenvalue weighted by molar-refractivity contribution is -0.132. The Balaban J connectivity index is 2.62. The highest BCUT2D eigenvalue weighted by atomic mass is 35.5. The highest BCUT2D eigenvalue weighted by Crippen LogP contribution is 2.13. The van der Waals surface area contributed by atoms with E-state index in [1.54, 1.807) is 0 Å². The second-order valence-electron chi connectivity index (χ2n) is 5.20. The van der Waals surface area contributed by atoms with E-state index in [0.717, 1.165) is 30.2 Å². The van der Waals surface area contributed by atoms with Crippen LogP contribution in [-0.4, -0.2) is 48.4 Å². The molecule has 118 valence electrons. The first kappa shape index (κ1) is 18.0. The third-order valence-corrected chi connectivity index (χ3v) is 4.02. The molecule has 1 aromatic carbocycles. The number of nitrogens with zero attached hydrogens (tertiary/aromatic N) is 2. The molecular formula is C16H26ClN3O. The molecule has 0 spiro atoms. The molecule has 0 aliphatic rings. The third-order valence-electron chi connectivity index (χ3n) is 3.77. The van der Waals surface area contributed by atoms with Crippen molar-refractivity contribution in [1.82, 2.24) is 9.80 Å². The number of hydrogen-bond donors (Lipinski definition) is 1. The molecule has 0 radical (unpaired) electrons. The fourth-order valence-electron chi connectivity index (χ4n) is 2.33. The Kier molecular flexibility index (Phi) is 7.72. The molecule has 1 amide bonds. The fourth-order valence-corrected chi connectivity index (χ4v) is 2.46. The van der Waals surface area contributed by atoms with Crippen LogP contribution < -0.4 is 5.73 Å². The van der Waals surface area contributed by atoms with Crippen LogP contribution in [0.25, 0.3) is 0 Å². The molecule has 5 heteroatoms. The van der Waals surface area contributed by atoms with E-state index < -0.39 is 0 Å². The van der Waals surface area contributed by atoms with E-state index in [1.165, 1.54) is 0 Å². The van der Waals surface area contributed by atoms with Crippen LogP contribution in [0.15, 0.2) is 24.3 Å². The molecule has 4 nitrogen and oxygen atoms in total. The van der Waals surface area contributed by atoms with Crippen molar-refractivity contribution in [3.8, 4) is 0 Å². The molecule has 1 rings (SSSR count). The van der Waals surface area contributed by atoms with Gasteiger partial charge in [-0.25, -0.2) is 0 Å². The molecule has 0 saturated heterocycles. The number of benzene rings is 1. The number of rotatable bonds is 8. The van der Waals surface area contributed by atoms with E-state index in [4.69, 9.17) is 17.3 Å². The van der Waals surface area contributed by atoms with Crippen LogP contribution >= 0.6 is 11.6 Å². The molecule has 1 unspecified atom stereocenters. The quantitative estimate of drug-likeness (QED) is 0.802. The van der Waals surface area contributed by atoms with Crippen molar-refractivity contribution in [2.24, 2.45) is 5.73 Å². The Hall–Kier alpha value is -1.10. The summed E-state index contributed by atoms with van der Waals surface area (Å²) in [6, 6.07) is 7.80. The first-order valence-electron chi connectivity index (χ1n) is 7.44. The Morgan fingerprint density at radius 1 is 1.24 bits per heavy atom. The summed E-state index contributed by atoms with van der Waals surface area (Å²) in [5.74, 6) is 0.165. The minimum absolute atomic E-state index is 0.0498. The van der Waals surface area contributed by atoms with Gasteiger partial charge in [-0.3, -0.25) is 9.69 Å². The lowest BCUT2D eigenvalue weighted by Gasteiger charge is -2.29. The van der Waals surface area contributed by atoms with Gasteiger partial charge in [0.1, 0.15) is 0 Å². The number of hydrogen-bond acceptors (Lipinski definition) is 3. The van der Waals surface area contributed by atoms with Gasteiger partial charge in [0.2, 0.25) is 5.91 Å².